The number of hydrogen-bond acceptors (Lipinski definition) is 4. The highest BCUT2D eigenvalue weighted by Crippen LogP contribution is 2.24. The highest BCUT2D eigenvalue weighted by Gasteiger charge is 2.23. The molecule has 0 unspecified atom stereocenters. The number of hydrogen-bond donors (Lipinski definition) is 0. The average molecular weight is 423 g/mol. The summed E-state index contributed by atoms with van der Waals surface area (Å²) in [6, 6.07) is 5.15. The van der Waals surface area contributed by atoms with Crippen molar-refractivity contribution >= 4 is 27.0 Å². The standard InChI is InChI=1S/C21H34N4O3S/c1-6-14-23(5)21(26)13-12-20-22-18-16-17(29(27,28)24(8-3)9-4)10-11-19(18)25(20)15-7-2/h10-11,16H,6-9,12-15H2,1-5H3. The third-order valence-corrected chi connectivity index (χ3v) is 7.18. The zero-order valence-electron chi connectivity index (χ0n) is 18.3. The Hall–Kier alpha value is -1.93. The lowest BCUT2D eigenvalue weighted by molar-refractivity contribution is -0.129. The predicted molar refractivity (Wildman–Crippen MR) is 116 cm³/mol. The largest absolute Gasteiger partial charge is 0.346 e. The van der Waals surface area contributed by atoms with E-state index in [1.54, 1.807) is 17.0 Å². The van der Waals surface area contributed by atoms with Crippen molar-refractivity contribution in [1.29, 1.82) is 0 Å². The Balaban J connectivity index is 2.37. The average Bonchev–Trinajstić information content (AvgIpc) is 3.04. The number of benzene rings is 1. The fourth-order valence-electron chi connectivity index (χ4n) is 3.57. The van der Waals surface area contributed by atoms with Crippen molar-refractivity contribution in [3.05, 3.63) is 24.0 Å². The molecule has 2 aromatic rings. The molecule has 0 aliphatic heterocycles. The van der Waals surface area contributed by atoms with Crippen molar-refractivity contribution in [2.24, 2.45) is 0 Å². The van der Waals surface area contributed by atoms with Crippen molar-refractivity contribution in [3.8, 4) is 0 Å². The lowest BCUT2D eigenvalue weighted by Gasteiger charge is -2.18. The summed E-state index contributed by atoms with van der Waals surface area (Å²) in [6.07, 6.45) is 2.80. The van der Waals surface area contributed by atoms with E-state index < -0.39 is 10.0 Å². The van der Waals surface area contributed by atoms with Crippen molar-refractivity contribution in [1.82, 2.24) is 18.8 Å². The summed E-state index contributed by atoms with van der Waals surface area (Å²) in [7, 11) is -1.70. The number of sulfonamides is 1. The first-order chi connectivity index (χ1) is 13.8. The van der Waals surface area contributed by atoms with Gasteiger partial charge >= 0.3 is 0 Å². The van der Waals surface area contributed by atoms with E-state index >= 15 is 0 Å². The molecule has 8 heteroatoms. The summed E-state index contributed by atoms with van der Waals surface area (Å²) >= 11 is 0. The number of aryl methyl sites for hydroxylation is 2. The van der Waals surface area contributed by atoms with Crippen LogP contribution in [0.15, 0.2) is 23.1 Å². The van der Waals surface area contributed by atoms with E-state index in [1.165, 1.54) is 4.31 Å². The zero-order chi connectivity index (χ0) is 21.6. The fraction of sp³-hybridized carbons (Fsp3) is 0.619. The molecule has 0 atom stereocenters. The second-order valence-corrected chi connectivity index (χ2v) is 9.17. The minimum Gasteiger partial charge on any atom is -0.346 e. The molecule has 162 valence electrons. The molecule has 1 heterocycles. The number of rotatable bonds is 11. The van der Waals surface area contributed by atoms with Crippen LogP contribution in [0.5, 0.6) is 0 Å². The molecule has 0 aliphatic rings. The molecule has 29 heavy (non-hydrogen) atoms. The van der Waals surface area contributed by atoms with E-state index in [1.807, 2.05) is 33.9 Å². The number of imidazole rings is 1. The van der Waals surface area contributed by atoms with Gasteiger partial charge in [-0.2, -0.15) is 4.31 Å². The highest BCUT2D eigenvalue weighted by molar-refractivity contribution is 7.89. The minimum absolute atomic E-state index is 0.103. The van der Waals surface area contributed by atoms with Gasteiger partial charge in [0.25, 0.3) is 0 Å². The van der Waals surface area contributed by atoms with Gasteiger partial charge in [0.2, 0.25) is 15.9 Å². The van der Waals surface area contributed by atoms with E-state index in [4.69, 9.17) is 4.98 Å². The Bertz CT molecular complexity index is 933. The lowest BCUT2D eigenvalue weighted by Crippen LogP contribution is -2.30. The molecule has 0 N–H and O–H groups in total. The first-order valence-corrected chi connectivity index (χ1v) is 12.0. The number of nitrogens with zero attached hydrogens (tertiary/aromatic N) is 4. The molecule has 1 aromatic heterocycles. The Morgan fingerprint density at radius 2 is 1.79 bits per heavy atom. The second-order valence-electron chi connectivity index (χ2n) is 7.23. The van der Waals surface area contributed by atoms with Crippen LogP contribution < -0.4 is 0 Å². The number of carbonyl (C=O) groups is 1. The van der Waals surface area contributed by atoms with Gasteiger partial charge in [0.1, 0.15) is 5.82 Å². The molecule has 1 amide bonds. The fourth-order valence-corrected chi connectivity index (χ4v) is 5.04. The highest BCUT2D eigenvalue weighted by atomic mass is 32.2. The van der Waals surface area contributed by atoms with Crippen molar-refractivity contribution < 1.29 is 13.2 Å². The van der Waals surface area contributed by atoms with Crippen LogP contribution in [0.25, 0.3) is 11.0 Å². The van der Waals surface area contributed by atoms with Crippen molar-refractivity contribution in [2.75, 3.05) is 26.7 Å². The van der Waals surface area contributed by atoms with Crippen LogP contribution in [-0.2, 0) is 27.8 Å². The summed E-state index contributed by atoms with van der Waals surface area (Å²) in [6.45, 7) is 10.2. The van der Waals surface area contributed by atoms with E-state index in [9.17, 15) is 13.2 Å². The number of aromatic nitrogens is 2. The maximum atomic E-state index is 12.8. The smallest absolute Gasteiger partial charge is 0.243 e. The number of carbonyl (C=O) groups excluding carboxylic acids is 1. The molecule has 2 rings (SSSR count). The van der Waals surface area contributed by atoms with Crippen LogP contribution in [0.2, 0.25) is 0 Å². The maximum absolute atomic E-state index is 12.8. The molecular weight excluding hydrogens is 388 g/mol. The molecule has 0 saturated heterocycles. The van der Waals surface area contributed by atoms with Crippen LogP contribution in [0.3, 0.4) is 0 Å². The Labute approximate surface area is 174 Å². The van der Waals surface area contributed by atoms with Crippen molar-refractivity contribution in [2.45, 2.75) is 64.8 Å². The second kappa shape index (κ2) is 10.2. The van der Waals surface area contributed by atoms with Crippen molar-refractivity contribution in [3.63, 3.8) is 0 Å². The van der Waals surface area contributed by atoms with E-state index in [2.05, 4.69) is 11.5 Å². The Morgan fingerprint density at radius 1 is 1.10 bits per heavy atom. The zero-order valence-corrected chi connectivity index (χ0v) is 19.1. The van der Waals surface area contributed by atoms with Crippen LogP contribution in [0.1, 0.15) is 52.8 Å². The molecule has 0 radical (unpaired) electrons. The lowest BCUT2D eigenvalue weighted by atomic mass is 10.2. The first kappa shape index (κ1) is 23.3. The van der Waals surface area contributed by atoms with E-state index in [0.717, 1.165) is 37.3 Å². The van der Waals surface area contributed by atoms with E-state index in [0.29, 0.717) is 31.4 Å². The molecule has 0 spiro atoms. The van der Waals surface area contributed by atoms with Gasteiger partial charge in [-0.15, -0.1) is 0 Å². The Kier molecular flexibility index (Phi) is 8.22. The summed E-state index contributed by atoms with van der Waals surface area (Å²) in [5, 5.41) is 0. The summed E-state index contributed by atoms with van der Waals surface area (Å²) in [5.41, 5.74) is 1.57. The molecule has 7 nitrogen and oxygen atoms in total. The molecule has 0 fully saturated rings. The number of fused-ring (bicyclic) bond motifs is 1. The molecular formula is C21H34N4O3S. The molecule has 0 saturated carbocycles. The normalized spacial score (nSPS) is 12.1. The third kappa shape index (κ3) is 5.17. The van der Waals surface area contributed by atoms with Gasteiger partial charge in [-0.1, -0.05) is 27.7 Å². The van der Waals surface area contributed by atoms with Gasteiger partial charge in [0, 0.05) is 46.1 Å². The molecule has 1 aromatic carbocycles. The summed E-state index contributed by atoms with van der Waals surface area (Å²) in [5.74, 6) is 0.934. The van der Waals surface area contributed by atoms with Gasteiger partial charge in [0.05, 0.1) is 15.9 Å². The monoisotopic (exact) mass is 422 g/mol. The van der Waals surface area contributed by atoms with Gasteiger partial charge in [0.15, 0.2) is 0 Å². The van der Waals surface area contributed by atoms with Gasteiger partial charge in [-0.05, 0) is 31.0 Å². The van der Waals surface area contributed by atoms with Crippen LogP contribution >= 0.6 is 0 Å². The summed E-state index contributed by atoms with van der Waals surface area (Å²) in [4.78, 5) is 19.0. The van der Waals surface area contributed by atoms with Crippen LogP contribution in [0.4, 0.5) is 0 Å². The van der Waals surface area contributed by atoms with Gasteiger partial charge in [-0.25, -0.2) is 13.4 Å². The predicted octanol–water partition coefficient (Wildman–Crippen LogP) is 3.28. The van der Waals surface area contributed by atoms with Crippen LogP contribution in [0, 0.1) is 0 Å². The number of amides is 1. The minimum atomic E-state index is -3.53. The van der Waals surface area contributed by atoms with Gasteiger partial charge < -0.3 is 9.47 Å². The summed E-state index contributed by atoms with van der Waals surface area (Å²) < 4.78 is 29.2. The first-order valence-electron chi connectivity index (χ1n) is 10.5. The quantitative estimate of drug-likeness (QED) is 0.557. The van der Waals surface area contributed by atoms with E-state index in [-0.39, 0.29) is 10.8 Å². The molecule has 0 aliphatic carbocycles. The SMILES string of the molecule is CCCN(C)C(=O)CCc1nc2cc(S(=O)(=O)N(CC)CC)ccc2n1CCC. The maximum Gasteiger partial charge on any atom is 0.243 e. The van der Waals surface area contributed by atoms with Crippen LogP contribution in [-0.4, -0.2) is 59.8 Å². The third-order valence-electron chi connectivity index (χ3n) is 5.14. The van der Waals surface area contributed by atoms with Gasteiger partial charge in [-0.3, -0.25) is 4.79 Å². The topological polar surface area (TPSA) is 75.5 Å². The molecule has 0 bridgehead atoms. The Morgan fingerprint density at radius 3 is 2.38 bits per heavy atom.